The third kappa shape index (κ3) is 2.79. The van der Waals surface area contributed by atoms with E-state index in [2.05, 4.69) is 16.9 Å². The zero-order valence-electron chi connectivity index (χ0n) is 8.64. The highest BCUT2D eigenvalue weighted by atomic mass is 15.1. The molecule has 14 heavy (non-hydrogen) atoms. The van der Waals surface area contributed by atoms with Crippen LogP contribution in [0.3, 0.4) is 0 Å². The van der Waals surface area contributed by atoms with Gasteiger partial charge in [-0.25, -0.2) is 0 Å². The minimum absolute atomic E-state index is 0.00870. The van der Waals surface area contributed by atoms with Crippen molar-refractivity contribution in [3.05, 3.63) is 45.8 Å². The van der Waals surface area contributed by atoms with Crippen molar-refractivity contribution in [2.75, 3.05) is 0 Å². The molecule has 0 aromatic heterocycles. The van der Waals surface area contributed by atoms with E-state index in [-0.39, 0.29) is 6.04 Å². The fourth-order valence-corrected chi connectivity index (χ4v) is 1.42. The summed E-state index contributed by atoms with van der Waals surface area (Å²) in [5.41, 5.74) is 10.8. The minimum Gasteiger partial charge on any atom is -0.0859 e. The van der Waals surface area contributed by atoms with Crippen molar-refractivity contribution in [3.8, 4) is 0 Å². The highest BCUT2D eigenvalue weighted by molar-refractivity contribution is 5.24. The lowest BCUT2D eigenvalue weighted by atomic mass is 10.0. The molecule has 3 nitrogen and oxygen atoms in total. The van der Waals surface area contributed by atoms with Crippen LogP contribution < -0.4 is 0 Å². The zero-order chi connectivity index (χ0) is 10.4. The van der Waals surface area contributed by atoms with Gasteiger partial charge in [-0.2, -0.15) is 0 Å². The monoisotopic (exact) mass is 189 g/mol. The molecule has 0 spiro atoms. The summed E-state index contributed by atoms with van der Waals surface area (Å²) >= 11 is 0. The van der Waals surface area contributed by atoms with E-state index in [4.69, 9.17) is 5.53 Å². The number of benzene rings is 1. The minimum atomic E-state index is -0.00870. The van der Waals surface area contributed by atoms with Gasteiger partial charge in [0.1, 0.15) is 0 Å². The second kappa shape index (κ2) is 5.30. The van der Waals surface area contributed by atoms with Gasteiger partial charge in [0.2, 0.25) is 0 Å². The molecule has 0 radical (unpaired) electrons. The van der Waals surface area contributed by atoms with E-state index in [0.717, 1.165) is 18.4 Å². The van der Waals surface area contributed by atoms with Gasteiger partial charge in [-0.05, 0) is 24.4 Å². The number of rotatable bonds is 4. The number of aryl methyl sites for hydroxylation is 1. The number of hydrogen-bond acceptors (Lipinski definition) is 1. The number of hydrogen-bond donors (Lipinski definition) is 0. The van der Waals surface area contributed by atoms with E-state index < -0.39 is 0 Å². The van der Waals surface area contributed by atoms with Gasteiger partial charge >= 0.3 is 0 Å². The maximum absolute atomic E-state index is 8.44. The molecular weight excluding hydrogens is 174 g/mol. The standard InChI is InChI=1S/C11H15N3/c1-3-4-11(13-14-12)10-7-5-9(2)6-8-10/h5-8,11H,3-4H2,1-2H3. The highest BCUT2D eigenvalue weighted by Crippen LogP contribution is 2.23. The Morgan fingerprint density at radius 2 is 2.00 bits per heavy atom. The van der Waals surface area contributed by atoms with Crippen molar-refractivity contribution < 1.29 is 0 Å². The van der Waals surface area contributed by atoms with Crippen LogP contribution in [0.25, 0.3) is 10.4 Å². The molecule has 1 rings (SSSR count). The molecule has 0 bridgehead atoms. The van der Waals surface area contributed by atoms with Crippen molar-refractivity contribution >= 4 is 0 Å². The van der Waals surface area contributed by atoms with E-state index in [1.54, 1.807) is 0 Å². The van der Waals surface area contributed by atoms with Gasteiger partial charge in [0, 0.05) is 4.91 Å². The summed E-state index contributed by atoms with van der Waals surface area (Å²) in [6.45, 7) is 4.14. The van der Waals surface area contributed by atoms with E-state index in [9.17, 15) is 0 Å². The van der Waals surface area contributed by atoms with E-state index >= 15 is 0 Å². The normalized spacial score (nSPS) is 11.9. The first-order valence-electron chi connectivity index (χ1n) is 4.88. The Morgan fingerprint density at radius 1 is 1.36 bits per heavy atom. The van der Waals surface area contributed by atoms with Crippen LogP contribution in [0, 0.1) is 6.92 Å². The topological polar surface area (TPSA) is 48.8 Å². The van der Waals surface area contributed by atoms with Gasteiger partial charge in [-0.3, -0.25) is 0 Å². The van der Waals surface area contributed by atoms with Gasteiger partial charge in [0.25, 0.3) is 0 Å². The fraction of sp³-hybridized carbons (Fsp3) is 0.455. The Labute approximate surface area is 84.4 Å². The molecule has 0 saturated heterocycles. The zero-order valence-corrected chi connectivity index (χ0v) is 8.64. The molecule has 1 aromatic carbocycles. The molecule has 0 aliphatic rings. The van der Waals surface area contributed by atoms with E-state index in [1.807, 2.05) is 31.2 Å². The summed E-state index contributed by atoms with van der Waals surface area (Å²) in [5, 5.41) is 3.79. The van der Waals surface area contributed by atoms with Gasteiger partial charge < -0.3 is 0 Å². The molecule has 1 unspecified atom stereocenters. The Hall–Kier alpha value is -1.47. The second-order valence-corrected chi connectivity index (χ2v) is 3.42. The molecule has 0 heterocycles. The first-order chi connectivity index (χ1) is 6.77. The van der Waals surface area contributed by atoms with Crippen molar-refractivity contribution in [2.45, 2.75) is 32.7 Å². The molecule has 0 amide bonds. The second-order valence-electron chi connectivity index (χ2n) is 3.42. The molecule has 0 fully saturated rings. The summed E-state index contributed by atoms with van der Waals surface area (Å²) in [6, 6.07) is 8.15. The van der Waals surface area contributed by atoms with Crippen LogP contribution in [-0.4, -0.2) is 0 Å². The van der Waals surface area contributed by atoms with Crippen LogP contribution in [0.4, 0.5) is 0 Å². The lowest BCUT2D eigenvalue weighted by Gasteiger charge is -2.09. The molecule has 0 N–H and O–H groups in total. The Bertz CT molecular complexity index is 323. The third-order valence-electron chi connectivity index (χ3n) is 2.22. The number of azide groups is 1. The molecule has 1 atom stereocenters. The lowest BCUT2D eigenvalue weighted by molar-refractivity contribution is 0.634. The lowest BCUT2D eigenvalue weighted by Crippen LogP contribution is -1.93. The van der Waals surface area contributed by atoms with Crippen LogP contribution in [0.1, 0.15) is 36.9 Å². The fourth-order valence-electron chi connectivity index (χ4n) is 1.42. The third-order valence-corrected chi connectivity index (χ3v) is 2.22. The maximum Gasteiger partial charge on any atom is 0.0625 e. The van der Waals surface area contributed by atoms with Crippen LogP contribution in [0.15, 0.2) is 29.4 Å². The van der Waals surface area contributed by atoms with Crippen LogP contribution in [0.5, 0.6) is 0 Å². The SMILES string of the molecule is CCCC(N=[N+]=[N-])c1ccc(C)cc1. The Balaban J connectivity index is 2.87. The van der Waals surface area contributed by atoms with Crippen LogP contribution >= 0.6 is 0 Å². The largest absolute Gasteiger partial charge is 0.0859 e. The van der Waals surface area contributed by atoms with E-state index in [0.29, 0.717) is 0 Å². The van der Waals surface area contributed by atoms with Gasteiger partial charge in [-0.15, -0.1) is 0 Å². The summed E-state index contributed by atoms with van der Waals surface area (Å²) in [4.78, 5) is 2.88. The molecule has 0 aliphatic carbocycles. The quantitative estimate of drug-likeness (QED) is 0.388. The molecular formula is C11H15N3. The van der Waals surface area contributed by atoms with E-state index in [1.165, 1.54) is 5.56 Å². The molecule has 0 saturated carbocycles. The summed E-state index contributed by atoms with van der Waals surface area (Å²) < 4.78 is 0. The first-order valence-corrected chi connectivity index (χ1v) is 4.88. The van der Waals surface area contributed by atoms with Gasteiger partial charge in [0.15, 0.2) is 0 Å². The maximum atomic E-state index is 8.44. The Morgan fingerprint density at radius 3 is 2.50 bits per heavy atom. The summed E-state index contributed by atoms with van der Waals surface area (Å²) in [5.74, 6) is 0. The highest BCUT2D eigenvalue weighted by Gasteiger charge is 2.06. The van der Waals surface area contributed by atoms with Crippen molar-refractivity contribution in [1.82, 2.24) is 0 Å². The Kier molecular flexibility index (Phi) is 4.02. The van der Waals surface area contributed by atoms with Crippen molar-refractivity contribution in [3.63, 3.8) is 0 Å². The van der Waals surface area contributed by atoms with Gasteiger partial charge in [-0.1, -0.05) is 48.3 Å². The van der Waals surface area contributed by atoms with Crippen molar-refractivity contribution in [2.24, 2.45) is 5.11 Å². The number of nitrogens with zero attached hydrogens (tertiary/aromatic N) is 3. The van der Waals surface area contributed by atoms with Crippen LogP contribution in [-0.2, 0) is 0 Å². The van der Waals surface area contributed by atoms with Crippen LogP contribution in [0.2, 0.25) is 0 Å². The molecule has 74 valence electrons. The average molecular weight is 189 g/mol. The summed E-state index contributed by atoms with van der Waals surface area (Å²) in [6.07, 6.45) is 1.94. The first kappa shape index (κ1) is 10.6. The average Bonchev–Trinajstić information content (AvgIpc) is 2.19. The molecule has 1 aromatic rings. The smallest absolute Gasteiger partial charge is 0.0625 e. The summed E-state index contributed by atoms with van der Waals surface area (Å²) in [7, 11) is 0. The predicted octanol–water partition coefficient (Wildman–Crippen LogP) is 4.15. The van der Waals surface area contributed by atoms with Gasteiger partial charge in [0.05, 0.1) is 6.04 Å². The predicted molar refractivity (Wildman–Crippen MR) is 58.0 cm³/mol. The molecule has 3 heteroatoms. The van der Waals surface area contributed by atoms with Crippen molar-refractivity contribution in [1.29, 1.82) is 0 Å². The molecule has 0 aliphatic heterocycles.